The Morgan fingerprint density at radius 1 is 1.24 bits per heavy atom. The fourth-order valence-corrected chi connectivity index (χ4v) is 4.64. The van der Waals surface area contributed by atoms with E-state index in [9.17, 15) is 14.4 Å². The third-order valence-electron chi connectivity index (χ3n) is 6.14. The van der Waals surface area contributed by atoms with Gasteiger partial charge < -0.3 is 15.4 Å². The number of nitrogens with two attached hydrogens (primary N) is 1. The third-order valence-corrected chi connectivity index (χ3v) is 6.14. The Balaban J connectivity index is 1.44. The second kappa shape index (κ2) is 8.22. The summed E-state index contributed by atoms with van der Waals surface area (Å²) in [6.07, 6.45) is 0.800. The summed E-state index contributed by atoms with van der Waals surface area (Å²) in [5.74, 6) is -0.460. The van der Waals surface area contributed by atoms with Crippen LogP contribution < -0.4 is 11.1 Å². The molecule has 0 aromatic heterocycles. The van der Waals surface area contributed by atoms with Crippen LogP contribution in [0.5, 0.6) is 0 Å². The van der Waals surface area contributed by atoms with Crippen LogP contribution in [0.25, 0.3) is 0 Å². The minimum absolute atomic E-state index is 0.134. The Labute approximate surface area is 170 Å². The molecule has 3 N–H and O–H groups in total. The molecule has 8 nitrogen and oxygen atoms in total. The zero-order valence-corrected chi connectivity index (χ0v) is 16.7. The average Bonchev–Trinajstić information content (AvgIpc) is 3.23. The van der Waals surface area contributed by atoms with Crippen molar-refractivity contribution in [1.29, 1.82) is 0 Å². The number of ether oxygens (including phenoxy) is 1. The molecular weight excluding hydrogens is 372 g/mol. The van der Waals surface area contributed by atoms with Crippen molar-refractivity contribution >= 4 is 17.7 Å². The lowest BCUT2D eigenvalue weighted by Crippen LogP contribution is -2.52. The van der Waals surface area contributed by atoms with Crippen molar-refractivity contribution < 1.29 is 19.1 Å². The number of hydrogen-bond donors (Lipinski definition) is 2. The Morgan fingerprint density at radius 2 is 2.07 bits per heavy atom. The SMILES string of the molecule is CCO[C@@H]1CN(Cc2ccc3c(c2)C(=O)N(C2CCC(=O)NC2=O)C3)C[C@H]1CN. The average molecular weight is 400 g/mol. The van der Waals surface area contributed by atoms with Crippen LogP contribution in [0.2, 0.25) is 0 Å². The number of nitrogens with zero attached hydrogens (tertiary/aromatic N) is 2. The zero-order chi connectivity index (χ0) is 20.5. The van der Waals surface area contributed by atoms with Gasteiger partial charge in [-0.3, -0.25) is 24.6 Å². The van der Waals surface area contributed by atoms with Crippen LogP contribution in [0.15, 0.2) is 18.2 Å². The first-order valence-electron chi connectivity index (χ1n) is 10.3. The number of carbonyl (C=O) groups is 3. The first-order valence-corrected chi connectivity index (χ1v) is 10.3. The molecule has 2 saturated heterocycles. The molecule has 2 fully saturated rings. The van der Waals surface area contributed by atoms with E-state index in [-0.39, 0.29) is 30.2 Å². The minimum atomic E-state index is -0.577. The van der Waals surface area contributed by atoms with E-state index < -0.39 is 6.04 Å². The second-order valence-electron chi connectivity index (χ2n) is 8.08. The van der Waals surface area contributed by atoms with E-state index in [1.807, 2.05) is 25.1 Å². The Hall–Kier alpha value is -2.29. The number of nitrogens with one attached hydrogen (secondary N) is 1. The van der Waals surface area contributed by atoms with Crippen LogP contribution in [0.1, 0.15) is 41.3 Å². The van der Waals surface area contributed by atoms with Crippen molar-refractivity contribution in [3.8, 4) is 0 Å². The fraction of sp³-hybridized carbons (Fsp3) is 0.571. The smallest absolute Gasteiger partial charge is 0.255 e. The summed E-state index contributed by atoms with van der Waals surface area (Å²) in [6, 6.07) is 5.39. The highest BCUT2D eigenvalue weighted by Gasteiger charge is 2.39. The summed E-state index contributed by atoms with van der Waals surface area (Å²) >= 11 is 0. The molecule has 3 atom stereocenters. The van der Waals surface area contributed by atoms with Crippen molar-refractivity contribution in [2.24, 2.45) is 11.7 Å². The molecule has 3 aliphatic rings. The van der Waals surface area contributed by atoms with Crippen LogP contribution in [0, 0.1) is 5.92 Å². The molecular formula is C21H28N4O4. The van der Waals surface area contributed by atoms with E-state index in [0.29, 0.717) is 37.6 Å². The molecule has 3 heterocycles. The van der Waals surface area contributed by atoms with E-state index in [1.165, 1.54) is 0 Å². The number of piperidine rings is 1. The fourth-order valence-electron chi connectivity index (χ4n) is 4.64. The molecule has 0 bridgehead atoms. The summed E-state index contributed by atoms with van der Waals surface area (Å²) in [5.41, 5.74) is 8.55. The minimum Gasteiger partial charge on any atom is -0.377 e. The monoisotopic (exact) mass is 400 g/mol. The van der Waals surface area contributed by atoms with E-state index >= 15 is 0 Å². The Bertz CT molecular complexity index is 827. The predicted molar refractivity (Wildman–Crippen MR) is 106 cm³/mol. The summed E-state index contributed by atoms with van der Waals surface area (Å²) in [7, 11) is 0. The third kappa shape index (κ3) is 3.92. The van der Waals surface area contributed by atoms with Crippen molar-refractivity contribution in [3.05, 3.63) is 34.9 Å². The summed E-state index contributed by atoms with van der Waals surface area (Å²) < 4.78 is 5.82. The van der Waals surface area contributed by atoms with Crippen LogP contribution >= 0.6 is 0 Å². The normalized spacial score (nSPS) is 27.4. The lowest BCUT2D eigenvalue weighted by molar-refractivity contribution is -0.136. The lowest BCUT2D eigenvalue weighted by Gasteiger charge is -2.29. The maximum atomic E-state index is 13.0. The van der Waals surface area contributed by atoms with Crippen molar-refractivity contribution in [1.82, 2.24) is 15.1 Å². The highest BCUT2D eigenvalue weighted by Crippen LogP contribution is 2.29. The van der Waals surface area contributed by atoms with Gasteiger partial charge in [-0.25, -0.2) is 0 Å². The molecule has 3 aliphatic heterocycles. The predicted octanol–water partition coefficient (Wildman–Crippen LogP) is 0.243. The Morgan fingerprint density at radius 3 is 2.79 bits per heavy atom. The van der Waals surface area contributed by atoms with Gasteiger partial charge in [-0.1, -0.05) is 12.1 Å². The molecule has 29 heavy (non-hydrogen) atoms. The molecule has 8 heteroatoms. The van der Waals surface area contributed by atoms with E-state index in [1.54, 1.807) is 4.90 Å². The topological polar surface area (TPSA) is 105 Å². The number of hydrogen-bond acceptors (Lipinski definition) is 6. The molecule has 0 spiro atoms. The zero-order valence-electron chi connectivity index (χ0n) is 16.7. The summed E-state index contributed by atoms with van der Waals surface area (Å²) in [4.78, 5) is 40.4. The first kappa shape index (κ1) is 20.0. The molecule has 0 radical (unpaired) electrons. The van der Waals surface area contributed by atoms with Gasteiger partial charge in [0.25, 0.3) is 5.91 Å². The van der Waals surface area contributed by atoms with Crippen molar-refractivity contribution in [2.45, 2.75) is 45.0 Å². The van der Waals surface area contributed by atoms with Crippen LogP contribution in [0.3, 0.4) is 0 Å². The van der Waals surface area contributed by atoms with Gasteiger partial charge in [-0.15, -0.1) is 0 Å². The van der Waals surface area contributed by atoms with Gasteiger partial charge in [0.05, 0.1) is 6.10 Å². The standard InChI is InChI=1S/C21H28N4O4/c1-2-29-18-12-24(10-15(18)8-22)9-13-3-4-14-11-25(21(28)16(14)7-13)17-5-6-19(26)23-20(17)27/h3-4,7,15,17-18H,2,5-6,8-12,22H2,1H3,(H,23,26,27)/t15-,17?,18-/m1/s1. The Kier molecular flexibility index (Phi) is 5.67. The number of fused-ring (bicyclic) bond motifs is 1. The van der Waals surface area contributed by atoms with Crippen molar-refractivity contribution in [3.63, 3.8) is 0 Å². The van der Waals surface area contributed by atoms with Gasteiger partial charge in [0.2, 0.25) is 11.8 Å². The summed E-state index contributed by atoms with van der Waals surface area (Å²) in [6.45, 7) is 6.14. The largest absolute Gasteiger partial charge is 0.377 e. The first-order chi connectivity index (χ1) is 14.0. The quantitative estimate of drug-likeness (QED) is 0.663. The number of benzene rings is 1. The van der Waals surface area contributed by atoms with Crippen LogP contribution in [-0.4, -0.2) is 65.9 Å². The lowest BCUT2D eigenvalue weighted by atomic mass is 10.0. The number of rotatable bonds is 6. The molecule has 0 aliphatic carbocycles. The van der Waals surface area contributed by atoms with Crippen LogP contribution in [-0.2, 0) is 27.4 Å². The number of amides is 3. The van der Waals surface area contributed by atoms with Gasteiger partial charge in [0.15, 0.2) is 0 Å². The molecule has 1 aromatic rings. The van der Waals surface area contributed by atoms with E-state index in [4.69, 9.17) is 10.5 Å². The number of likely N-dealkylation sites (tertiary alicyclic amines) is 1. The van der Waals surface area contributed by atoms with E-state index in [0.717, 1.165) is 30.8 Å². The number of carbonyl (C=O) groups excluding carboxylic acids is 3. The molecule has 3 amide bonds. The van der Waals surface area contributed by atoms with Gasteiger partial charge in [-0.2, -0.15) is 0 Å². The molecule has 0 saturated carbocycles. The van der Waals surface area contributed by atoms with Gasteiger partial charge in [-0.05, 0) is 37.1 Å². The molecule has 156 valence electrons. The summed E-state index contributed by atoms with van der Waals surface area (Å²) in [5, 5.41) is 2.34. The number of imide groups is 1. The van der Waals surface area contributed by atoms with Gasteiger partial charge in [0.1, 0.15) is 6.04 Å². The van der Waals surface area contributed by atoms with Gasteiger partial charge in [0, 0.05) is 50.7 Å². The molecule has 4 rings (SSSR count). The maximum absolute atomic E-state index is 13.0. The highest BCUT2D eigenvalue weighted by atomic mass is 16.5. The molecule has 1 unspecified atom stereocenters. The van der Waals surface area contributed by atoms with Gasteiger partial charge >= 0.3 is 0 Å². The second-order valence-corrected chi connectivity index (χ2v) is 8.08. The van der Waals surface area contributed by atoms with E-state index in [2.05, 4.69) is 10.2 Å². The highest BCUT2D eigenvalue weighted by molar-refractivity contribution is 6.05. The maximum Gasteiger partial charge on any atom is 0.255 e. The van der Waals surface area contributed by atoms with Crippen molar-refractivity contribution in [2.75, 3.05) is 26.2 Å². The molecule has 1 aromatic carbocycles. The van der Waals surface area contributed by atoms with Crippen LogP contribution in [0.4, 0.5) is 0 Å².